The van der Waals surface area contributed by atoms with Gasteiger partial charge in [0.2, 0.25) is 0 Å². The van der Waals surface area contributed by atoms with E-state index in [9.17, 15) is 8.42 Å². The van der Waals surface area contributed by atoms with Crippen LogP contribution in [0.15, 0.2) is 41.9 Å². The standard InChI is InChI=1S/C13H14N2O2S/c16-18(17)7-5-12(9-18)15-8-11-3-1-2-10-4-6-14-13(10)11/h1-7,12,14-15H,8-9H2. The fourth-order valence-electron chi connectivity index (χ4n) is 2.24. The number of rotatable bonds is 3. The number of nitrogens with one attached hydrogen (secondary N) is 2. The fourth-order valence-corrected chi connectivity index (χ4v) is 3.51. The molecule has 0 saturated carbocycles. The van der Waals surface area contributed by atoms with Gasteiger partial charge in [-0.25, -0.2) is 8.42 Å². The van der Waals surface area contributed by atoms with Crippen molar-refractivity contribution in [2.24, 2.45) is 0 Å². The summed E-state index contributed by atoms with van der Waals surface area (Å²) < 4.78 is 22.6. The molecule has 5 heteroatoms. The number of hydrogen-bond acceptors (Lipinski definition) is 3. The molecule has 1 atom stereocenters. The van der Waals surface area contributed by atoms with Gasteiger partial charge in [0.15, 0.2) is 9.84 Å². The zero-order chi connectivity index (χ0) is 12.6. The van der Waals surface area contributed by atoms with Gasteiger partial charge >= 0.3 is 0 Å². The van der Waals surface area contributed by atoms with Crippen LogP contribution in [-0.2, 0) is 16.4 Å². The van der Waals surface area contributed by atoms with E-state index in [1.54, 1.807) is 6.08 Å². The molecule has 1 aromatic carbocycles. The van der Waals surface area contributed by atoms with Crippen LogP contribution in [-0.4, -0.2) is 25.2 Å². The summed E-state index contributed by atoms with van der Waals surface area (Å²) in [4.78, 5) is 3.20. The lowest BCUT2D eigenvalue weighted by Gasteiger charge is -2.10. The summed E-state index contributed by atoms with van der Waals surface area (Å²) in [5.74, 6) is 0.160. The predicted molar refractivity (Wildman–Crippen MR) is 71.9 cm³/mol. The van der Waals surface area contributed by atoms with Gasteiger partial charge in [-0.3, -0.25) is 0 Å². The first kappa shape index (κ1) is 11.5. The Labute approximate surface area is 106 Å². The Balaban J connectivity index is 1.74. The lowest BCUT2D eigenvalue weighted by Crippen LogP contribution is -2.29. The fraction of sp³-hybridized carbons (Fsp3) is 0.231. The van der Waals surface area contributed by atoms with Crippen molar-refractivity contribution in [3.63, 3.8) is 0 Å². The van der Waals surface area contributed by atoms with Crippen LogP contribution < -0.4 is 5.32 Å². The van der Waals surface area contributed by atoms with Crippen molar-refractivity contribution in [2.45, 2.75) is 12.6 Å². The van der Waals surface area contributed by atoms with E-state index in [1.807, 2.05) is 24.4 Å². The molecule has 0 fully saturated rings. The van der Waals surface area contributed by atoms with Gasteiger partial charge in [0.1, 0.15) is 0 Å². The van der Waals surface area contributed by atoms with Crippen LogP contribution in [0.5, 0.6) is 0 Å². The molecule has 2 N–H and O–H groups in total. The van der Waals surface area contributed by atoms with Crippen LogP contribution in [0, 0.1) is 0 Å². The average molecular weight is 262 g/mol. The first-order valence-corrected chi connectivity index (χ1v) is 7.55. The van der Waals surface area contributed by atoms with Gasteiger partial charge in [-0.1, -0.05) is 24.3 Å². The van der Waals surface area contributed by atoms with Crippen molar-refractivity contribution in [1.29, 1.82) is 0 Å². The number of H-pyrrole nitrogens is 1. The molecule has 4 nitrogen and oxygen atoms in total. The van der Waals surface area contributed by atoms with E-state index < -0.39 is 9.84 Å². The minimum Gasteiger partial charge on any atom is -0.361 e. The van der Waals surface area contributed by atoms with Crippen LogP contribution in [0.2, 0.25) is 0 Å². The van der Waals surface area contributed by atoms with Gasteiger partial charge in [0.05, 0.1) is 5.75 Å². The van der Waals surface area contributed by atoms with Crippen molar-refractivity contribution in [1.82, 2.24) is 10.3 Å². The molecule has 1 aliphatic rings. The van der Waals surface area contributed by atoms with E-state index in [2.05, 4.69) is 16.4 Å². The maximum Gasteiger partial charge on any atom is 0.173 e. The third-order valence-electron chi connectivity index (χ3n) is 3.16. The summed E-state index contributed by atoms with van der Waals surface area (Å²) in [6.45, 7) is 0.655. The highest BCUT2D eigenvalue weighted by molar-refractivity contribution is 7.94. The summed E-state index contributed by atoms with van der Waals surface area (Å²) in [7, 11) is -2.98. The van der Waals surface area contributed by atoms with Crippen LogP contribution >= 0.6 is 0 Å². The molecule has 1 aliphatic heterocycles. The zero-order valence-corrected chi connectivity index (χ0v) is 10.6. The Kier molecular flexibility index (Phi) is 2.72. The maximum absolute atomic E-state index is 11.3. The Morgan fingerprint density at radius 2 is 2.22 bits per heavy atom. The van der Waals surface area contributed by atoms with Crippen molar-refractivity contribution in [3.05, 3.63) is 47.5 Å². The molecule has 0 amide bonds. The molecule has 0 radical (unpaired) electrons. The van der Waals surface area contributed by atoms with Crippen molar-refractivity contribution in [3.8, 4) is 0 Å². The first-order valence-electron chi connectivity index (χ1n) is 5.83. The molecule has 0 spiro atoms. The summed E-state index contributed by atoms with van der Waals surface area (Å²) >= 11 is 0. The number of aromatic amines is 1. The van der Waals surface area contributed by atoms with Crippen LogP contribution in [0.25, 0.3) is 10.9 Å². The van der Waals surface area contributed by atoms with Gasteiger partial charge in [-0.05, 0) is 17.0 Å². The third kappa shape index (κ3) is 2.19. The van der Waals surface area contributed by atoms with Gasteiger partial charge in [-0.2, -0.15) is 0 Å². The van der Waals surface area contributed by atoms with E-state index in [-0.39, 0.29) is 11.8 Å². The molecule has 2 heterocycles. The van der Waals surface area contributed by atoms with E-state index in [0.29, 0.717) is 6.54 Å². The Hall–Kier alpha value is -1.59. The number of para-hydroxylation sites is 1. The highest BCUT2D eigenvalue weighted by Gasteiger charge is 2.20. The van der Waals surface area contributed by atoms with Crippen LogP contribution in [0.1, 0.15) is 5.56 Å². The molecular formula is C13H14N2O2S. The lowest BCUT2D eigenvalue weighted by atomic mass is 10.1. The smallest absolute Gasteiger partial charge is 0.173 e. The number of benzene rings is 1. The summed E-state index contributed by atoms with van der Waals surface area (Å²) in [5, 5.41) is 5.71. The highest BCUT2D eigenvalue weighted by Crippen LogP contribution is 2.17. The van der Waals surface area contributed by atoms with E-state index in [4.69, 9.17) is 0 Å². The lowest BCUT2D eigenvalue weighted by molar-refractivity contribution is 0.591. The number of fused-ring (bicyclic) bond motifs is 1. The number of aromatic nitrogens is 1. The average Bonchev–Trinajstić information content (AvgIpc) is 2.92. The largest absolute Gasteiger partial charge is 0.361 e. The Morgan fingerprint density at radius 1 is 1.33 bits per heavy atom. The first-order chi connectivity index (χ1) is 8.64. The molecule has 0 saturated heterocycles. The molecule has 2 aromatic rings. The SMILES string of the molecule is O=S1(=O)C=CC(NCc2cccc3cc[nH]c23)C1. The maximum atomic E-state index is 11.3. The molecule has 18 heavy (non-hydrogen) atoms. The van der Waals surface area contributed by atoms with E-state index >= 15 is 0 Å². The topological polar surface area (TPSA) is 62.0 Å². The molecule has 3 rings (SSSR count). The third-order valence-corrected chi connectivity index (χ3v) is 4.55. The Bertz CT molecular complexity index is 701. The number of hydrogen-bond donors (Lipinski definition) is 2. The van der Waals surface area contributed by atoms with Crippen LogP contribution in [0.4, 0.5) is 0 Å². The summed E-state index contributed by atoms with van der Waals surface area (Å²) in [5.41, 5.74) is 2.25. The normalized spacial score (nSPS) is 21.7. The van der Waals surface area contributed by atoms with Crippen molar-refractivity contribution in [2.75, 3.05) is 5.75 Å². The molecule has 0 aliphatic carbocycles. The molecular weight excluding hydrogens is 248 g/mol. The summed E-state index contributed by atoms with van der Waals surface area (Å²) in [6, 6.07) is 8.04. The van der Waals surface area contributed by atoms with E-state index in [0.717, 1.165) is 11.1 Å². The van der Waals surface area contributed by atoms with Crippen molar-refractivity contribution >= 4 is 20.7 Å². The highest BCUT2D eigenvalue weighted by atomic mass is 32.2. The molecule has 94 valence electrons. The second kappa shape index (κ2) is 4.26. The van der Waals surface area contributed by atoms with Gasteiger partial charge in [0, 0.05) is 29.7 Å². The quantitative estimate of drug-likeness (QED) is 0.882. The zero-order valence-electron chi connectivity index (χ0n) is 9.76. The van der Waals surface area contributed by atoms with Gasteiger partial charge in [0.25, 0.3) is 0 Å². The summed E-state index contributed by atoms with van der Waals surface area (Å²) in [6.07, 6.45) is 3.62. The monoisotopic (exact) mass is 262 g/mol. The van der Waals surface area contributed by atoms with Crippen LogP contribution in [0.3, 0.4) is 0 Å². The predicted octanol–water partition coefficient (Wildman–Crippen LogP) is 1.57. The molecule has 1 aromatic heterocycles. The van der Waals surface area contributed by atoms with E-state index in [1.165, 1.54) is 10.8 Å². The van der Waals surface area contributed by atoms with Crippen molar-refractivity contribution < 1.29 is 8.42 Å². The minimum absolute atomic E-state index is 0.0831. The van der Waals surface area contributed by atoms with Gasteiger partial charge < -0.3 is 10.3 Å². The van der Waals surface area contributed by atoms with Gasteiger partial charge in [-0.15, -0.1) is 0 Å². The second-order valence-corrected chi connectivity index (χ2v) is 6.44. The Morgan fingerprint density at radius 3 is 3.00 bits per heavy atom. The molecule has 0 bridgehead atoms. The number of sulfone groups is 1. The minimum atomic E-state index is -2.98. The molecule has 1 unspecified atom stereocenters. The second-order valence-electron chi connectivity index (χ2n) is 4.50.